The van der Waals surface area contributed by atoms with E-state index in [4.69, 9.17) is 4.74 Å². The summed E-state index contributed by atoms with van der Waals surface area (Å²) in [5.41, 5.74) is 0. The fourth-order valence-corrected chi connectivity index (χ4v) is 3.73. The summed E-state index contributed by atoms with van der Waals surface area (Å²) in [5.74, 6) is 2.02. The zero-order chi connectivity index (χ0) is 14.4. The standard InChI is InChI=1S/C14H24N2O3S/c1-2-19-14(18)12-5-3-4-6-16(12)13(17)11-15-7-9-20-10-8-15/h12H,2-11H2,1H3. The average Bonchev–Trinajstić information content (AvgIpc) is 2.48. The highest BCUT2D eigenvalue weighted by Crippen LogP contribution is 2.19. The summed E-state index contributed by atoms with van der Waals surface area (Å²) in [5, 5.41) is 0. The van der Waals surface area contributed by atoms with E-state index < -0.39 is 0 Å². The molecule has 1 unspecified atom stereocenters. The summed E-state index contributed by atoms with van der Waals surface area (Å²) in [6.45, 7) is 5.24. The van der Waals surface area contributed by atoms with Gasteiger partial charge in [0.15, 0.2) is 0 Å². The summed E-state index contributed by atoms with van der Waals surface area (Å²) in [6, 6.07) is -0.365. The van der Waals surface area contributed by atoms with E-state index >= 15 is 0 Å². The number of thioether (sulfide) groups is 1. The molecule has 0 radical (unpaired) electrons. The van der Waals surface area contributed by atoms with Crippen molar-refractivity contribution in [3.8, 4) is 0 Å². The second-order valence-corrected chi connectivity index (χ2v) is 6.46. The first kappa shape index (κ1) is 15.6. The topological polar surface area (TPSA) is 49.9 Å². The molecule has 2 aliphatic heterocycles. The molecular formula is C14H24N2O3S. The molecule has 5 nitrogen and oxygen atoms in total. The van der Waals surface area contributed by atoms with Crippen molar-refractivity contribution in [3.63, 3.8) is 0 Å². The summed E-state index contributed by atoms with van der Waals surface area (Å²) in [7, 11) is 0. The monoisotopic (exact) mass is 300 g/mol. The number of hydrogen-bond acceptors (Lipinski definition) is 5. The molecule has 2 rings (SSSR count). The number of likely N-dealkylation sites (tertiary alicyclic amines) is 1. The van der Waals surface area contributed by atoms with Crippen molar-refractivity contribution in [2.24, 2.45) is 0 Å². The normalized spacial score (nSPS) is 24.4. The van der Waals surface area contributed by atoms with Gasteiger partial charge in [-0.3, -0.25) is 9.69 Å². The minimum atomic E-state index is -0.365. The second kappa shape index (κ2) is 7.88. The Morgan fingerprint density at radius 2 is 1.95 bits per heavy atom. The van der Waals surface area contributed by atoms with Gasteiger partial charge in [-0.05, 0) is 26.2 Å². The SMILES string of the molecule is CCOC(=O)C1CCCCN1C(=O)CN1CCSCC1. The minimum Gasteiger partial charge on any atom is -0.464 e. The molecule has 0 bridgehead atoms. The Morgan fingerprint density at radius 3 is 2.65 bits per heavy atom. The number of hydrogen-bond donors (Lipinski definition) is 0. The van der Waals surface area contributed by atoms with Crippen LogP contribution in [0, 0.1) is 0 Å². The van der Waals surface area contributed by atoms with E-state index in [0.717, 1.165) is 43.9 Å². The lowest BCUT2D eigenvalue weighted by atomic mass is 10.0. The van der Waals surface area contributed by atoms with Crippen LogP contribution in [0.25, 0.3) is 0 Å². The van der Waals surface area contributed by atoms with Crippen LogP contribution in [0.5, 0.6) is 0 Å². The molecule has 0 aliphatic carbocycles. The maximum absolute atomic E-state index is 12.5. The smallest absolute Gasteiger partial charge is 0.328 e. The van der Waals surface area contributed by atoms with Gasteiger partial charge in [0.2, 0.25) is 5.91 Å². The van der Waals surface area contributed by atoms with Gasteiger partial charge in [0.05, 0.1) is 13.2 Å². The quantitative estimate of drug-likeness (QED) is 0.724. The van der Waals surface area contributed by atoms with Gasteiger partial charge in [0.1, 0.15) is 6.04 Å². The molecule has 0 spiro atoms. The highest BCUT2D eigenvalue weighted by atomic mass is 32.2. The van der Waals surface area contributed by atoms with Crippen LogP contribution in [0.15, 0.2) is 0 Å². The number of amides is 1. The van der Waals surface area contributed by atoms with Crippen LogP contribution in [-0.2, 0) is 14.3 Å². The number of esters is 1. The van der Waals surface area contributed by atoms with Crippen LogP contribution in [0.3, 0.4) is 0 Å². The molecule has 0 aromatic rings. The molecule has 114 valence electrons. The van der Waals surface area contributed by atoms with Gasteiger partial charge in [-0.2, -0.15) is 11.8 Å². The Balaban J connectivity index is 1.92. The van der Waals surface area contributed by atoms with Crippen LogP contribution in [0.1, 0.15) is 26.2 Å². The fraction of sp³-hybridized carbons (Fsp3) is 0.857. The lowest BCUT2D eigenvalue weighted by Gasteiger charge is -2.36. The molecule has 0 aromatic carbocycles. The largest absolute Gasteiger partial charge is 0.464 e. The molecule has 0 N–H and O–H groups in total. The number of rotatable bonds is 4. The Kier molecular flexibility index (Phi) is 6.16. The number of ether oxygens (including phenoxy) is 1. The highest BCUT2D eigenvalue weighted by Gasteiger charge is 2.33. The van der Waals surface area contributed by atoms with Crippen LogP contribution >= 0.6 is 11.8 Å². The lowest BCUT2D eigenvalue weighted by Crippen LogP contribution is -2.52. The number of piperidine rings is 1. The van der Waals surface area contributed by atoms with Gasteiger partial charge in [0.25, 0.3) is 0 Å². The van der Waals surface area contributed by atoms with Crippen molar-refractivity contribution < 1.29 is 14.3 Å². The third-order valence-corrected chi connectivity index (χ3v) is 4.79. The van der Waals surface area contributed by atoms with Crippen molar-refractivity contribution in [2.45, 2.75) is 32.2 Å². The summed E-state index contributed by atoms with van der Waals surface area (Å²) in [4.78, 5) is 28.4. The molecule has 1 atom stereocenters. The molecule has 2 saturated heterocycles. The van der Waals surface area contributed by atoms with E-state index in [1.807, 2.05) is 11.8 Å². The zero-order valence-corrected chi connectivity index (χ0v) is 13.0. The Hall–Kier alpha value is -0.750. The third kappa shape index (κ3) is 4.12. The zero-order valence-electron chi connectivity index (χ0n) is 12.2. The van der Waals surface area contributed by atoms with Crippen LogP contribution in [0.4, 0.5) is 0 Å². The Labute approximate surface area is 125 Å². The minimum absolute atomic E-state index is 0.0784. The van der Waals surface area contributed by atoms with E-state index in [1.165, 1.54) is 0 Å². The molecule has 20 heavy (non-hydrogen) atoms. The van der Waals surface area contributed by atoms with Gasteiger partial charge >= 0.3 is 5.97 Å². The van der Waals surface area contributed by atoms with Gasteiger partial charge in [0, 0.05) is 31.1 Å². The maximum Gasteiger partial charge on any atom is 0.328 e. The first-order valence-electron chi connectivity index (χ1n) is 7.48. The van der Waals surface area contributed by atoms with Crippen molar-refractivity contribution in [2.75, 3.05) is 44.3 Å². The van der Waals surface area contributed by atoms with Gasteiger partial charge in [-0.1, -0.05) is 0 Å². The molecule has 0 saturated carbocycles. The van der Waals surface area contributed by atoms with E-state index in [0.29, 0.717) is 19.7 Å². The average molecular weight is 300 g/mol. The van der Waals surface area contributed by atoms with Crippen molar-refractivity contribution in [3.05, 3.63) is 0 Å². The molecule has 2 fully saturated rings. The first-order chi connectivity index (χ1) is 9.72. The predicted molar refractivity (Wildman–Crippen MR) is 79.8 cm³/mol. The molecule has 2 aliphatic rings. The molecule has 6 heteroatoms. The Morgan fingerprint density at radius 1 is 1.20 bits per heavy atom. The van der Waals surface area contributed by atoms with Crippen molar-refractivity contribution in [1.29, 1.82) is 0 Å². The third-order valence-electron chi connectivity index (χ3n) is 3.84. The molecular weight excluding hydrogens is 276 g/mol. The van der Waals surface area contributed by atoms with Crippen molar-refractivity contribution in [1.82, 2.24) is 9.80 Å². The maximum atomic E-state index is 12.5. The lowest BCUT2D eigenvalue weighted by molar-refractivity contribution is -0.157. The van der Waals surface area contributed by atoms with E-state index in [1.54, 1.807) is 11.8 Å². The van der Waals surface area contributed by atoms with Crippen LogP contribution < -0.4 is 0 Å². The van der Waals surface area contributed by atoms with Gasteiger partial charge in [-0.15, -0.1) is 0 Å². The second-order valence-electron chi connectivity index (χ2n) is 5.24. The first-order valence-corrected chi connectivity index (χ1v) is 8.64. The number of carbonyl (C=O) groups excluding carboxylic acids is 2. The van der Waals surface area contributed by atoms with Crippen molar-refractivity contribution >= 4 is 23.6 Å². The Bertz CT molecular complexity index is 345. The van der Waals surface area contributed by atoms with E-state index in [-0.39, 0.29) is 17.9 Å². The molecule has 0 aromatic heterocycles. The highest BCUT2D eigenvalue weighted by molar-refractivity contribution is 7.99. The summed E-state index contributed by atoms with van der Waals surface area (Å²) in [6.07, 6.45) is 2.71. The predicted octanol–water partition coefficient (Wildman–Crippen LogP) is 0.979. The van der Waals surface area contributed by atoms with E-state index in [2.05, 4.69) is 4.90 Å². The summed E-state index contributed by atoms with van der Waals surface area (Å²) < 4.78 is 5.10. The molecule has 1 amide bonds. The van der Waals surface area contributed by atoms with E-state index in [9.17, 15) is 9.59 Å². The van der Waals surface area contributed by atoms with Crippen LogP contribution in [0.2, 0.25) is 0 Å². The van der Waals surface area contributed by atoms with Crippen LogP contribution in [-0.4, -0.2) is 72.0 Å². The summed E-state index contributed by atoms with van der Waals surface area (Å²) >= 11 is 1.93. The van der Waals surface area contributed by atoms with Gasteiger partial charge in [-0.25, -0.2) is 4.79 Å². The number of nitrogens with zero attached hydrogens (tertiary/aromatic N) is 2. The molecule has 2 heterocycles. The van der Waals surface area contributed by atoms with Gasteiger partial charge < -0.3 is 9.64 Å². The fourth-order valence-electron chi connectivity index (χ4n) is 2.75. The number of carbonyl (C=O) groups is 2.